The van der Waals surface area contributed by atoms with Gasteiger partial charge in [-0.05, 0) is 13.8 Å². The van der Waals surface area contributed by atoms with E-state index in [0.717, 1.165) is 13.8 Å². The zero-order valence-corrected chi connectivity index (χ0v) is 21.5. The molecule has 14 nitrogen and oxygen atoms in total. The van der Waals surface area contributed by atoms with E-state index in [1.807, 2.05) is 0 Å². The molecule has 0 spiro atoms. The minimum Gasteiger partial charge on any atom is -0.822 e. The Hall–Kier alpha value is 3.18. The van der Waals surface area contributed by atoms with E-state index < -0.39 is 39.8 Å². The molecule has 0 unspecified atom stereocenters. The molecule has 0 rings (SSSR count). The van der Waals surface area contributed by atoms with Crippen LogP contribution in [-0.2, 0) is 18.7 Å². The molecule has 0 amide bonds. The molecule has 0 saturated carbocycles. The summed E-state index contributed by atoms with van der Waals surface area (Å²) in [6, 6.07) is 0. The molecule has 0 radical (unpaired) electrons. The van der Waals surface area contributed by atoms with Crippen LogP contribution in [0.5, 0.6) is 0 Å². The number of hydrogen-bond donors (Lipinski definition) is 4. The fourth-order valence-electron chi connectivity index (χ4n) is 0. The second-order valence-corrected chi connectivity index (χ2v) is 4.65. The van der Waals surface area contributed by atoms with E-state index >= 15 is 0 Å². The number of rotatable bonds is 2. The molecule has 25 heavy (non-hydrogen) atoms. The molecule has 0 fully saturated rings. The van der Waals surface area contributed by atoms with Gasteiger partial charge in [-0.1, -0.05) is 0 Å². The molecule has 0 aromatic carbocycles. The number of ketones is 2. The Morgan fingerprint density at radius 3 is 0.680 bits per heavy atom. The van der Waals surface area contributed by atoms with Gasteiger partial charge in [-0.25, -0.2) is 0 Å². The summed E-state index contributed by atoms with van der Waals surface area (Å²) in [6.07, 6.45) is -3.57. The van der Waals surface area contributed by atoms with Crippen molar-refractivity contribution in [1.29, 1.82) is 0 Å². The Morgan fingerprint density at radius 2 is 0.680 bits per heavy atom. The average Bonchev–Trinajstić information content (AvgIpc) is 2.12. The van der Waals surface area contributed by atoms with Crippen LogP contribution in [-0.4, -0.2) is 158 Å². The Bertz CT molecular complexity index is 349. The molecule has 136 valence electrons. The Morgan fingerprint density at radius 1 is 0.640 bits per heavy atom. The number of carbonyl (C=O) groups is 2. The minimum atomic E-state index is -5.39. The van der Waals surface area contributed by atoms with Crippen molar-refractivity contribution in [2.75, 3.05) is 0 Å². The number of phosphoric acid groups is 2. The van der Waals surface area contributed by atoms with Crippen LogP contribution in [0.4, 0.5) is 0 Å². The third-order valence-electron chi connectivity index (χ3n) is 0.727. The van der Waals surface area contributed by atoms with Crippen LogP contribution >= 0.6 is 15.6 Å². The van der Waals surface area contributed by atoms with Crippen LogP contribution in [0.3, 0.4) is 0 Å². The van der Waals surface area contributed by atoms with E-state index in [4.69, 9.17) is 58.9 Å². The quantitative estimate of drug-likeness (QED) is 0.159. The normalized spacial score (nSPS) is 9.20. The zero-order chi connectivity index (χ0) is 19.3. The van der Waals surface area contributed by atoms with Crippen molar-refractivity contribution in [3.05, 3.63) is 0 Å². The molecular weight excluding hydrogens is 478 g/mol. The maximum absolute atomic E-state index is 9.64. The van der Waals surface area contributed by atoms with E-state index in [1.165, 1.54) is 0 Å². The molecule has 0 aliphatic heterocycles. The molecule has 0 aliphatic rings. The van der Waals surface area contributed by atoms with Gasteiger partial charge in [-0.3, -0.25) is 9.59 Å². The number of aliphatic hydroxyl groups excluding tert-OH is 2. The molecule has 0 saturated heterocycles. The van der Waals surface area contributed by atoms with Gasteiger partial charge in [-0.15, -0.1) is 0 Å². The van der Waals surface area contributed by atoms with Gasteiger partial charge >= 0.3 is 113 Å². The number of carbonyl (C=O) groups excluding carboxylic acids is 2. The van der Waals surface area contributed by atoms with E-state index in [0.29, 0.717) is 0 Å². The first kappa shape index (κ1) is 46.4. The zero-order valence-electron chi connectivity index (χ0n) is 13.0. The number of hydrogen-bond acceptors (Lipinski definition) is 14. The second kappa shape index (κ2) is 25.2. The van der Waals surface area contributed by atoms with Crippen LogP contribution in [0.25, 0.3) is 0 Å². The smallest absolute Gasteiger partial charge is 0.822 e. The van der Waals surface area contributed by atoms with Gasteiger partial charge in [0, 0.05) is 0 Å². The van der Waals surface area contributed by atoms with Crippen molar-refractivity contribution in [2.24, 2.45) is 0 Å². The van der Waals surface area contributed by atoms with Gasteiger partial charge in [0.15, 0.2) is 11.6 Å². The van der Waals surface area contributed by atoms with Gasteiger partial charge in [0.05, 0.1) is 0 Å². The average molecular weight is 490 g/mol. The first-order valence-electron chi connectivity index (χ1n) is 4.48. The summed E-state index contributed by atoms with van der Waals surface area (Å²) in [5.41, 5.74) is 0. The number of Topliss-reactive ketones (excluding diaryl/α,β-unsaturated/α-hetero) is 2. The van der Waals surface area contributed by atoms with Crippen LogP contribution in [0.1, 0.15) is 13.8 Å². The van der Waals surface area contributed by atoms with E-state index in [9.17, 15) is 9.59 Å². The largest absolute Gasteiger partial charge is 2.00 e. The minimum absolute atomic E-state index is 0. The molecular formula is C6H12Ca3O14P2. The van der Waals surface area contributed by atoms with Crippen LogP contribution in [0.2, 0.25) is 0 Å². The van der Waals surface area contributed by atoms with Crippen molar-refractivity contribution < 1.29 is 68.5 Å². The summed E-state index contributed by atoms with van der Waals surface area (Å²) >= 11 is 0. The van der Waals surface area contributed by atoms with Gasteiger partial charge in [0.1, 0.15) is 0 Å². The molecule has 19 heteroatoms. The summed E-state index contributed by atoms with van der Waals surface area (Å²) < 4.78 is 17.1. The second-order valence-electron chi connectivity index (χ2n) is 2.86. The van der Waals surface area contributed by atoms with Crippen LogP contribution < -0.4 is 29.4 Å². The van der Waals surface area contributed by atoms with Crippen molar-refractivity contribution in [3.63, 3.8) is 0 Å². The summed E-state index contributed by atoms with van der Waals surface area (Å²) in [7, 11) is -10.8. The predicted molar refractivity (Wildman–Crippen MR) is 70.3 cm³/mol. The summed E-state index contributed by atoms with van der Waals surface area (Å²) in [5, 5.41) is 31.3. The third kappa shape index (κ3) is 138. The first-order chi connectivity index (χ1) is 9.29. The fourth-order valence-corrected chi connectivity index (χ4v) is 0. The van der Waals surface area contributed by atoms with Crippen molar-refractivity contribution in [2.45, 2.75) is 26.4 Å². The van der Waals surface area contributed by atoms with Crippen LogP contribution in [0, 0.1) is 0 Å². The van der Waals surface area contributed by atoms with Gasteiger partial charge in [0.25, 0.3) is 0 Å². The van der Waals surface area contributed by atoms with Crippen molar-refractivity contribution in [3.8, 4) is 0 Å². The molecule has 0 aliphatic carbocycles. The Labute approximate surface area is 231 Å². The van der Waals surface area contributed by atoms with Gasteiger partial charge < -0.3 is 58.9 Å². The van der Waals surface area contributed by atoms with E-state index in [1.54, 1.807) is 0 Å². The molecule has 4 N–H and O–H groups in total. The Kier molecular flexibility index (Phi) is 46.8. The maximum Gasteiger partial charge on any atom is 2.00 e. The van der Waals surface area contributed by atoms with Gasteiger partial charge in [0.2, 0.25) is 12.6 Å². The SMILES string of the molecule is CC(=O)C(O)O.CC(=O)C(O)O.O=P([O-])([O-])[O-].O=P([O-])([O-])[O-].[Ca+2].[Ca+2].[Ca+2]. The predicted octanol–water partition coefficient (Wildman–Crippen LogP) is -9.02. The monoisotopic (exact) mass is 490 g/mol. The Balaban J connectivity index is -0.0000000333. The van der Waals surface area contributed by atoms with Gasteiger partial charge in [-0.2, -0.15) is 15.6 Å². The first-order valence-corrected chi connectivity index (χ1v) is 7.40. The topological polar surface area (TPSA) is 288 Å². The van der Waals surface area contributed by atoms with Crippen LogP contribution in [0.15, 0.2) is 0 Å². The molecule has 0 heterocycles. The summed E-state index contributed by atoms with van der Waals surface area (Å²) in [5.74, 6) is -1.26. The molecule has 0 aromatic rings. The molecule has 0 bridgehead atoms. The third-order valence-corrected chi connectivity index (χ3v) is 0.727. The van der Waals surface area contributed by atoms with Crippen molar-refractivity contribution in [1.82, 2.24) is 0 Å². The summed E-state index contributed by atoms with van der Waals surface area (Å²) in [6.45, 7) is 2.20. The standard InChI is InChI=1S/2C3H6O3.3Ca.2H3O4P/c2*1-2(4)3(5)6;;;;2*1-5(2,3)4/h2*3,5-6H,1H3;;;;2*(H3,1,2,3,4)/q;;3*+2;;/p-6. The molecule has 0 aromatic heterocycles. The number of aliphatic hydroxyl groups is 4. The maximum atomic E-state index is 9.64. The van der Waals surface area contributed by atoms with E-state index in [2.05, 4.69) is 0 Å². The van der Waals surface area contributed by atoms with Crippen molar-refractivity contribution >= 4 is 140 Å². The summed E-state index contributed by atoms with van der Waals surface area (Å²) in [4.78, 5) is 70.6. The van der Waals surface area contributed by atoms with E-state index in [-0.39, 0.29) is 113 Å². The fraction of sp³-hybridized carbons (Fsp3) is 0.667. The molecule has 0 atom stereocenters.